The molecule has 0 aromatic heterocycles. The molecule has 0 aliphatic carbocycles. The zero-order chi connectivity index (χ0) is 19.8. The number of halogens is 1. The standard InChI is InChI=1S/C22H19FN2O3/c23-18-8-4-7-17(13-18)22(27)24-14-21(26)25-19-9-11-20(12-10-19)28-15-16-5-2-1-3-6-16/h1-13H,14-15H2,(H,24,27)(H,25,26). The molecule has 2 N–H and O–H groups in total. The number of carbonyl (C=O) groups excluding carboxylic acids is 2. The molecule has 0 heterocycles. The van der Waals surface area contributed by atoms with Gasteiger partial charge in [-0.1, -0.05) is 36.4 Å². The molecule has 0 bridgehead atoms. The zero-order valence-corrected chi connectivity index (χ0v) is 15.0. The molecule has 3 rings (SSSR count). The largest absolute Gasteiger partial charge is 0.489 e. The summed E-state index contributed by atoms with van der Waals surface area (Å²) >= 11 is 0. The summed E-state index contributed by atoms with van der Waals surface area (Å²) < 4.78 is 18.8. The summed E-state index contributed by atoms with van der Waals surface area (Å²) in [7, 11) is 0. The molecular formula is C22H19FN2O3. The van der Waals surface area contributed by atoms with Gasteiger partial charge < -0.3 is 15.4 Å². The van der Waals surface area contributed by atoms with Gasteiger partial charge in [-0.25, -0.2) is 4.39 Å². The summed E-state index contributed by atoms with van der Waals surface area (Å²) in [6.45, 7) is 0.236. The predicted molar refractivity (Wildman–Crippen MR) is 105 cm³/mol. The van der Waals surface area contributed by atoms with Crippen LogP contribution in [0.25, 0.3) is 0 Å². The fourth-order valence-electron chi connectivity index (χ4n) is 2.47. The van der Waals surface area contributed by atoms with Crippen molar-refractivity contribution >= 4 is 17.5 Å². The van der Waals surface area contributed by atoms with Crippen molar-refractivity contribution in [2.75, 3.05) is 11.9 Å². The van der Waals surface area contributed by atoms with Crippen LogP contribution in [0.2, 0.25) is 0 Å². The van der Waals surface area contributed by atoms with Gasteiger partial charge >= 0.3 is 0 Å². The summed E-state index contributed by atoms with van der Waals surface area (Å²) in [5.74, 6) is -0.727. The Hall–Kier alpha value is -3.67. The average molecular weight is 378 g/mol. The van der Waals surface area contributed by atoms with Crippen LogP contribution >= 0.6 is 0 Å². The third-order valence-corrected chi connectivity index (χ3v) is 3.88. The van der Waals surface area contributed by atoms with Gasteiger partial charge in [0.25, 0.3) is 5.91 Å². The van der Waals surface area contributed by atoms with Gasteiger partial charge in [0.15, 0.2) is 0 Å². The van der Waals surface area contributed by atoms with Crippen LogP contribution in [0.1, 0.15) is 15.9 Å². The molecule has 3 aromatic rings. The van der Waals surface area contributed by atoms with E-state index >= 15 is 0 Å². The second-order valence-electron chi connectivity index (χ2n) is 6.04. The number of ether oxygens (including phenoxy) is 1. The van der Waals surface area contributed by atoms with E-state index in [4.69, 9.17) is 4.74 Å². The number of carbonyl (C=O) groups is 2. The number of hydrogen-bond donors (Lipinski definition) is 2. The third kappa shape index (κ3) is 5.67. The van der Waals surface area contributed by atoms with Crippen molar-refractivity contribution in [2.24, 2.45) is 0 Å². The van der Waals surface area contributed by atoms with Gasteiger partial charge in [-0.2, -0.15) is 0 Å². The second kappa shape index (κ2) is 9.32. The maximum Gasteiger partial charge on any atom is 0.251 e. The van der Waals surface area contributed by atoms with Gasteiger partial charge in [0, 0.05) is 11.3 Å². The highest BCUT2D eigenvalue weighted by atomic mass is 19.1. The van der Waals surface area contributed by atoms with Crippen molar-refractivity contribution in [1.82, 2.24) is 5.32 Å². The Morgan fingerprint density at radius 3 is 2.36 bits per heavy atom. The molecule has 5 nitrogen and oxygen atoms in total. The molecule has 0 unspecified atom stereocenters. The van der Waals surface area contributed by atoms with Crippen LogP contribution in [-0.4, -0.2) is 18.4 Å². The molecule has 0 spiro atoms. The third-order valence-electron chi connectivity index (χ3n) is 3.88. The summed E-state index contributed by atoms with van der Waals surface area (Å²) in [4.78, 5) is 23.9. The first-order valence-electron chi connectivity index (χ1n) is 8.70. The highest BCUT2D eigenvalue weighted by molar-refractivity contribution is 5.99. The fraction of sp³-hybridized carbons (Fsp3) is 0.0909. The summed E-state index contributed by atoms with van der Waals surface area (Å²) in [6, 6.07) is 22.0. The van der Waals surface area contributed by atoms with Crippen LogP contribution in [0.4, 0.5) is 10.1 Å². The lowest BCUT2D eigenvalue weighted by atomic mass is 10.2. The van der Waals surface area contributed by atoms with Crippen molar-refractivity contribution in [3.63, 3.8) is 0 Å². The lowest BCUT2D eigenvalue weighted by Gasteiger charge is -2.09. The normalized spacial score (nSPS) is 10.2. The number of rotatable bonds is 7. The number of hydrogen-bond acceptors (Lipinski definition) is 3. The SMILES string of the molecule is O=C(CNC(=O)c1cccc(F)c1)Nc1ccc(OCc2ccccc2)cc1. The maximum atomic E-state index is 13.1. The Kier molecular flexibility index (Phi) is 6.36. The predicted octanol–water partition coefficient (Wildman–Crippen LogP) is 3.77. The lowest BCUT2D eigenvalue weighted by Crippen LogP contribution is -2.32. The van der Waals surface area contributed by atoms with Crippen molar-refractivity contribution in [3.8, 4) is 5.75 Å². The fourth-order valence-corrected chi connectivity index (χ4v) is 2.47. The van der Waals surface area contributed by atoms with Gasteiger partial charge in [-0.05, 0) is 48.0 Å². The smallest absolute Gasteiger partial charge is 0.251 e. The average Bonchev–Trinajstić information content (AvgIpc) is 2.72. The Morgan fingerprint density at radius 2 is 1.64 bits per heavy atom. The van der Waals surface area contributed by atoms with E-state index in [0.717, 1.165) is 11.6 Å². The molecule has 0 saturated heterocycles. The number of benzene rings is 3. The van der Waals surface area contributed by atoms with E-state index in [2.05, 4.69) is 10.6 Å². The summed E-state index contributed by atoms with van der Waals surface area (Å²) in [5.41, 5.74) is 1.80. The van der Waals surface area contributed by atoms with Crippen molar-refractivity contribution in [3.05, 3.63) is 95.8 Å². The second-order valence-corrected chi connectivity index (χ2v) is 6.04. The summed E-state index contributed by atoms with van der Waals surface area (Å²) in [5, 5.41) is 5.13. The van der Waals surface area contributed by atoms with E-state index in [1.54, 1.807) is 24.3 Å². The highest BCUT2D eigenvalue weighted by Crippen LogP contribution is 2.17. The molecule has 0 saturated carbocycles. The molecule has 0 radical (unpaired) electrons. The van der Waals surface area contributed by atoms with Crippen LogP contribution in [0.3, 0.4) is 0 Å². The van der Waals surface area contributed by atoms with E-state index in [1.807, 2.05) is 30.3 Å². The highest BCUT2D eigenvalue weighted by Gasteiger charge is 2.09. The van der Waals surface area contributed by atoms with E-state index < -0.39 is 11.7 Å². The minimum atomic E-state index is -0.515. The van der Waals surface area contributed by atoms with Gasteiger partial charge in [0.05, 0.1) is 6.54 Å². The molecule has 3 aromatic carbocycles. The number of amides is 2. The molecule has 6 heteroatoms. The first-order chi connectivity index (χ1) is 13.6. The van der Waals surface area contributed by atoms with Crippen molar-refractivity contribution in [1.29, 1.82) is 0 Å². The first-order valence-corrected chi connectivity index (χ1v) is 8.70. The minimum Gasteiger partial charge on any atom is -0.489 e. The Balaban J connectivity index is 1.45. The topological polar surface area (TPSA) is 67.4 Å². The Morgan fingerprint density at radius 1 is 0.893 bits per heavy atom. The number of nitrogens with one attached hydrogen (secondary N) is 2. The summed E-state index contributed by atoms with van der Waals surface area (Å²) in [6.07, 6.45) is 0. The minimum absolute atomic E-state index is 0.160. The number of anilines is 1. The Labute approximate surface area is 162 Å². The first kappa shape index (κ1) is 19.1. The monoisotopic (exact) mass is 378 g/mol. The lowest BCUT2D eigenvalue weighted by molar-refractivity contribution is -0.115. The van der Waals surface area contributed by atoms with Crippen LogP contribution in [0.15, 0.2) is 78.9 Å². The van der Waals surface area contributed by atoms with E-state index in [0.29, 0.717) is 18.0 Å². The van der Waals surface area contributed by atoms with E-state index in [-0.39, 0.29) is 18.0 Å². The van der Waals surface area contributed by atoms with Crippen molar-refractivity contribution in [2.45, 2.75) is 6.61 Å². The molecule has 0 aliphatic rings. The maximum absolute atomic E-state index is 13.1. The van der Waals surface area contributed by atoms with Crippen LogP contribution in [-0.2, 0) is 11.4 Å². The molecule has 0 fully saturated rings. The molecular weight excluding hydrogens is 359 g/mol. The molecule has 28 heavy (non-hydrogen) atoms. The van der Waals surface area contributed by atoms with Crippen LogP contribution in [0, 0.1) is 5.82 Å². The molecule has 2 amide bonds. The van der Waals surface area contributed by atoms with Crippen LogP contribution < -0.4 is 15.4 Å². The molecule has 0 atom stereocenters. The van der Waals surface area contributed by atoms with E-state index in [1.165, 1.54) is 18.2 Å². The van der Waals surface area contributed by atoms with Crippen molar-refractivity contribution < 1.29 is 18.7 Å². The van der Waals surface area contributed by atoms with Gasteiger partial charge in [-0.15, -0.1) is 0 Å². The Bertz CT molecular complexity index is 944. The molecule has 0 aliphatic heterocycles. The van der Waals surface area contributed by atoms with Crippen LogP contribution in [0.5, 0.6) is 5.75 Å². The molecule has 142 valence electrons. The zero-order valence-electron chi connectivity index (χ0n) is 15.0. The van der Waals surface area contributed by atoms with Gasteiger partial charge in [-0.3, -0.25) is 9.59 Å². The quantitative estimate of drug-likeness (QED) is 0.658. The van der Waals surface area contributed by atoms with Gasteiger partial charge in [0.2, 0.25) is 5.91 Å². The van der Waals surface area contributed by atoms with Gasteiger partial charge in [0.1, 0.15) is 18.2 Å². The van der Waals surface area contributed by atoms with E-state index in [9.17, 15) is 14.0 Å².